The molecular formula is C10H8FO. The number of fused-ring (bicyclic) bond motifs is 1. The van der Waals surface area contributed by atoms with E-state index >= 15 is 0 Å². The molecular weight excluding hydrogens is 155 g/mol. The lowest BCUT2D eigenvalue weighted by Gasteiger charge is -2.07. The monoisotopic (exact) mass is 163 g/mol. The number of hydrogen-bond acceptors (Lipinski definition) is 1. The van der Waals surface area contributed by atoms with Gasteiger partial charge in [-0.05, 0) is 17.2 Å². The van der Waals surface area contributed by atoms with E-state index in [4.69, 9.17) is 4.74 Å². The summed E-state index contributed by atoms with van der Waals surface area (Å²) < 4.78 is 16.7. The van der Waals surface area contributed by atoms with Crippen LogP contribution in [0, 0.1) is 6.07 Å². The maximum absolute atomic E-state index is 11.9. The van der Waals surface area contributed by atoms with Crippen molar-refractivity contribution in [3.05, 3.63) is 41.5 Å². The minimum Gasteiger partial charge on any atom is -0.338 e. The summed E-state index contributed by atoms with van der Waals surface area (Å²) in [7, 11) is 0. The normalized spacial score (nSPS) is 19.6. The van der Waals surface area contributed by atoms with Crippen molar-refractivity contribution in [2.45, 2.75) is 6.10 Å². The van der Waals surface area contributed by atoms with E-state index in [-0.39, 0.29) is 6.10 Å². The van der Waals surface area contributed by atoms with E-state index in [1.165, 1.54) is 0 Å². The van der Waals surface area contributed by atoms with Crippen molar-refractivity contribution in [3.63, 3.8) is 0 Å². The molecule has 0 saturated heterocycles. The van der Waals surface area contributed by atoms with Gasteiger partial charge in [-0.15, -0.1) is 0 Å². The van der Waals surface area contributed by atoms with Gasteiger partial charge in [0.05, 0.1) is 0 Å². The molecule has 1 nitrogen and oxygen atoms in total. The molecule has 0 fully saturated rings. The summed E-state index contributed by atoms with van der Waals surface area (Å²) in [6.45, 7) is -0.753. The van der Waals surface area contributed by atoms with E-state index in [0.717, 1.165) is 11.1 Å². The SMILES string of the molecule is FCOC1C=Cc2ccc[c]c21. The number of halogens is 1. The molecule has 0 spiro atoms. The van der Waals surface area contributed by atoms with Crippen molar-refractivity contribution in [2.75, 3.05) is 6.86 Å². The van der Waals surface area contributed by atoms with E-state index in [9.17, 15) is 4.39 Å². The van der Waals surface area contributed by atoms with Crippen molar-refractivity contribution < 1.29 is 9.13 Å². The largest absolute Gasteiger partial charge is 0.338 e. The first-order valence-corrected chi connectivity index (χ1v) is 3.78. The van der Waals surface area contributed by atoms with Gasteiger partial charge in [0.1, 0.15) is 6.10 Å². The molecule has 1 aromatic carbocycles. The van der Waals surface area contributed by atoms with E-state index in [1.807, 2.05) is 24.3 Å². The molecule has 2 rings (SSSR count). The van der Waals surface area contributed by atoms with Crippen LogP contribution >= 0.6 is 0 Å². The predicted octanol–water partition coefficient (Wildman–Crippen LogP) is 2.50. The second-order valence-electron chi connectivity index (χ2n) is 2.59. The minimum absolute atomic E-state index is 0.244. The average Bonchev–Trinajstić information content (AvgIpc) is 2.50. The molecule has 12 heavy (non-hydrogen) atoms. The molecule has 1 aliphatic carbocycles. The van der Waals surface area contributed by atoms with Gasteiger partial charge in [-0.3, -0.25) is 0 Å². The molecule has 1 unspecified atom stereocenters. The highest BCUT2D eigenvalue weighted by molar-refractivity contribution is 5.60. The zero-order valence-corrected chi connectivity index (χ0v) is 6.46. The van der Waals surface area contributed by atoms with Gasteiger partial charge >= 0.3 is 0 Å². The lowest BCUT2D eigenvalue weighted by Crippen LogP contribution is -1.97. The van der Waals surface area contributed by atoms with Crippen molar-refractivity contribution in [1.29, 1.82) is 0 Å². The van der Waals surface area contributed by atoms with Crippen molar-refractivity contribution >= 4 is 6.08 Å². The van der Waals surface area contributed by atoms with Crippen LogP contribution in [-0.2, 0) is 4.74 Å². The fourth-order valence-electron chi connectivity index (χ4n) is 1.35. The van der Waals surface area contributed by atoms with Gasteiger partial charge in [-0.2, -0.15) is 0 Å². The third-order valence-electron chi connectivity index (χ3n) is 1.90. The van der Waals surface area contributed by atoms with Gasteiger partial charge in [0.15, 0.2) is 6.86 Å². The molecule has 2 heteroatoms. The number of alkyl halides is 1. The van der Waals surface area contributed by atoms with Crippen molar-refractivity contribution in [3.8, 4) is 0 Å². The lowest BCUT2D eigenvalue weighted by molar-refractivity contribution is 0.0207. The molecule has 0 aromatic heterocycles. The van der Waals surface area contributed by atoms with E-state index < -0.39 is 6.86 Å². The fourth-order valence-corrected chi connectivity index (χ4v) is 1.35. The first-order valence-electron chi connectivity index (χ1n) is 3.78. The van der Waals surface area contributed by atoms with E-state index in [1.54, 1.807) is 6.07 Å². The standard InChI is InChI=1S/C10H8FO/c11-7-12-10-6-5-8-3-1-2-4-9(8)10/h1-3,5-6,10H,7H2. The van der Waals surface area contributed by atoms with Gasteiger partial charge in [0, 0.05) is 0 Å². The quantitative estimate of drug-likeness (QED) is 0.650. The molecule has 1 radical (unpaired) electrons. The Morgan fingerprint density at radius 2 is 2.50 bits per heavy atom. The summed E-state index contributed by atoms with van der Waals surface area (Å²) in [6.07, 6.45) is 3.51. The highest BCUT2D eigenvalue weighted by atomic mass is 19.1. The molecule has 1 aromatic rings. The van der Waals surface area contributed by atoms with Crippen LogP contribution in [0.4, 0.5) is 4.39 Å². The molecule has 0 heterocycles. The Kier molecular flexibility index (Phi) is 1.92. The molecule has 0 amide bonds. The van der Waals surface area contributed by atoms with Crippen LogP contribution in [0.25, 0.3) is 6.08 Å². The summed E-state index contributed by atoms with van der Waals surface area (Å²) in [5, 5.41) is 0. The zero-order valence-electron chi connectivity index (χ0n) is 6.46. The van der Waals surface area contributed by atoms with Crippen LogP contribution in [0.2, 0.25) is 0 Å². The second kappa shape index (κ2) is 3.07. The van der Waals surface area contributed by atoms with Crippen molar-refractivity contribution in [2.24, 2.45) is 0 Å². The van der Waals surface area contributed by atoms with Crippen LogP contribution in [0.1, 0.15) is 17.2 Å². The third kappa shape index (κ3) is 1.14. The number of ether oxygens (including phenoxy) is 1. The molecule has 1 atom stereocenters. The molecule has 0 saturated carbocycles. The van der Waals surface area contributed by atoms with Crippen LogP contribution in [0.3, 0.4) is 0 Å². The summed E-state index contributed by atoms with van der Waals surface area (Å²) >= 11 is 0. The van der Waals surface area contributed by atoms with Gasteiger partial charge in [-0.25, -0.2) is 4.39 Å². The van der Waals surface area contributed by atoms with Crippen molar-refractivity contribution in [1.82, 2.24) is 0 Å². The molecule has 0 aliphatic heterocycles. The Morgan fingerprint density at radius 3 is 3.33 bits per heavy atom. The maximum Gasteiger partial charge on any atom is 0.189 e. The first-order chi connectivity index (χ1) is 5.92. The van der Waals surface area contributed by atoms with Gasteiger partial charge in [0.25, 0.3) is 0 Å². The number of benzene rings is 1. The predicted molar refractivity (Wildman–Crippen MR) is 44.1 cm³/mol. The Balaban J connectivity index is 2.30. The fraction of sp³-hybridized carbons (Fsp3) is 0.200. The molecule has 0 N–H and O–H groups in total. The van der Waals surface area contributed by atoms with Crippen LogP contribution in [0.15, 0.2) is 24.3 Å². The van der Waals surface area contributed by atoms with Gasteiger partial charge < -0.3 is 4.74 Å². The average molecular weight is 163 g/mol. The lowest BCUT2D eigenvalue weighted by atomic mass is 10.1. The third-order valence-corrected chi connectivity index (χ3v) is 1.90. The summed E-state index contributed by atoms with van der Waals surface area (Å²) in [4.78, 5) is 0. The Morgan fingerprint density at radius 1 is 1.58 bits per heavy atom. The van der Waals surface area contributed by atoms with Crippen LogP contribution in [0.5, 0.6) is 0 Å². The smallest absolute Gasteiger partial charge is 0.189 e. The van der Waals surface area contributed by atoms with E-state index in [0.29, 0.717) is 0 Å². The van der Waals surface area contributed by atoms with Gasteiger partial charge in [0.2, 0.25) is 0 Å². The molecule has 1 aliphatic rings. The second-order valence-corrected chi connectivity index (χ2v) is 2.59. The first kappa shape index (κ1) is 7.50. The summed E-state index contributed by atoms with van der Waals surface area (Å²) in [6, 6.07) is 8.70. The Labute approximate surface area is 70.5 Å². The topological polar surface area (TPSA) is 9.23 Å². The summed E-state index contributed by atoms with van der Waals surface area (Å²) in [5.41, 5.74) is 1.99. The van der Waals surface area contributed by atoms with Gasteiger partial charge in [-0.1, -0.05) is 30.4 Å². The highest BCUT2D eigenvalue weighted by Gasteiger charge is 2.16. The Bertz CT molecular complexity index is 306. The van der Waals surface area contributed by atoms with E-state index in [2.05, 4.69) is 6.07 Å². The maximum atomic E-state index is 11.9. The highest BCUT2D eigenvalue weighted by Crippen LogP contribution is 2.29. The zero-order chi connectivity index (χ0) is 8.39. The van der Waals surface area contributed by atoms with Crippen LogP contribution in [-0.4, -0.2) is 6.86 Å². The number of hydrogen-bond donors (Lipinski definition) is 0. The minimum atomic E-state index is -0.753. The Hall–Kier alpha value is -1.15. The van der Waals surface area contributed by atoms with Crippen LogP contribution < -0.4 is 0 Å². The number of rotatable bonds is 2. The molecule has 0 bridgehead atoms. The summed E-state index contributed by atoms with van der Waals surface area (Å²) in [5.74, 6) is 0. The molecule has 61 valence electrons.